The van der Waals surface area contributed by atoms with E-state index in [1.54, 1.807) is 0 Å². The number of nitrogens with zero attached hydrogens (tertiary/aromatic N) is 1. The van der Waals surface area contributed by atoms with E-state index in [9.17, 15) is 0 Å². The Morgan fingerprint density at radius 1 is 0.793 bits per heavy atom. The van der Waals surface area contributed by atoms with Gasteiger partial charge in [0.15, 0.2) is 12.2 Å². The zero-order valence-electron chi connectivity index (χ0n) is 18.2. The van der Waals surface area contributed by atoms with Crippen LogP contribution in [-0.4, -0.2) is 0 Å². The molecule has 0 fully saturated rings. The second-order valence-electron chi connectivity index (χ2n) is 8.41. The summed E-state index contributed by atoms with van der Waals surface area (Å²) in [5.74, 6) is 0.586. The number of hydrogen-bond acceptors (Lipinski definition) is 0. The Balaban J connectivity index is 1.92. The molecule has 2 unspecified atom stereocenters. The lowest BCUT2D eigenvalue weighted by atomic mass is 9.79. The zero-order valence-corrected chi connectivity index (χ0v) is 18.2. The van der Waals surface area contributed by atoms with Gasteiger partial charge in [-0.2, -0.15) is 4.57 Å². The molecule has 2 heterocycles. The van der Waals surface area contributed by atoms with E-state index in [0.29, 0.717) is 12.0 Å². The molecular weight excluding hydrogens is 350 g/mol. The highest BCUT2D eigenvalue weighted by Gasteiger charge is 2.38. The van der Waals surface area contributed by atoms with Crippen LogP contribution in [0.2, 0.25) is 0 Å². The van der Waals surface area contributed by atoms with Crippen molar-refractivity contribution in [2.45, 2.75) is 71.3 Å². The van der Waals surface area contributed by atoms with Crippen LogP contribution in [0.3, 0.4) is 0 Å². The third kappa shape index (κ3) is 3.75. The van der Waals surface area contributed by atoms with Crippen molar-refractivity contribution in [3.63, 3.8) is 0 Å². The first-order valence-corrected chi connectivity index (χ1v) is 11.5. The molecule has 0 spiro atoms. The predicted octanol–water partition coefficient (Wildman–Crippen LogP) is 7.50. The highest BCUT2D eigenvalue weighted by molar-refractivity contribution is 5.71. The molecule has 150 valence electrons. The van der Waals surface area contributed by atoms with Gasteiger partial charge in [-0.05, 0) is 42.0 Å². The molecular formula is C28H34N+. The lowest BCUT2D eigenvalue weighted by Crippen LogP contribution is -2.47. The van der Waals surface area contributed by atoms with E-state index >= 15 is 0 Å². The summed E-state index contributed by atoms with van der Waals surface area (Å²) in [7, 11) is 0. The van der Waals surface area contributed by atoms with Gasteiger partial charge in [-0.15, -0.1) is 0 Å². The van der Waals surface area contributed by atoms with Crippen molar-refractivity contribution in [1.29, 1.82) is 0 Å². The SMILES string of the molecule is CCCCCc1cc2[n+](cc1-c1ccccc1)C(CC)C(CC)c1ccccc1-2. The maximum atomic E-state index is 2.60. The molecule has 1 aliphatic heterocycles. The van der Waals surface area contributed by atoms with Crippen LogP contribution in [-0.2, 0) is 6.42 Å². The third-order valence-electron chi connectivity index (χ3n) is 6.65. The van der Waals surface area contributed by atoms with Crippen LogP contribution in [0.5, 0.6) is 0 Å². The molecule has 1 aliphatic rings. The normalized spacial score (nSPS) is 17.6. The molecule has 29 heavy (non-hydrogen) atoms. The second-order valence-corrected chi connectivity index (χ2v) is 8.41. The van der Waals surface area contributed by atoms with Crippen LogP contribution < -0.4 is 4.57 Å². The Kier molecular flexibility index (Phi) is 6.13. The average molecular weight is 385 g/mol. The van der Waals surface area contributed by atoms with Gasteiger partial charge in [-0.25, -0.2) is 0 Å². The van der Waals surface area contributed by atoms with Crippen LogP contribution in [0.25, 0.3) is 22.4 Å². The van der Waals surface area contributed by atoms with Crippen LogP contribution in [0.1, 0.15) is 76.0 Å². The molecule has 0 N–H and O–H groups in total. The Labute approximate surface area is 176 Å². The number of aryl methyl sites for hydroxylation is 1. The van der Waals surface area contributed by atoms with E-state index in [2.05, 4.69) is 92.2 Å². The topological polar surface area (TPSA) is 3.88 Å². The van der Waals surface area contributed by atoms with Gasteiger partial charge in [0.2, 0.25) is 5.69 Å². The molecule has 4 rings (SSSR count). The van der Waals surface area contributed by atoms with Crippen molar-refractivity contribution in [2.75, 3.05) is 0 Å². The first kappa shape index (κ1) is 19.9. The van der Waals surface area contributed by atoms with Crippen molar-refractivity contribution in [3.8, 4) is 22.4 Å². The molecule has 2 aromatic carbocycles. The van der Waals surface area contributed by atoms with Gasteiger partial charge in [0.25, 0.3) is 0 Å². The Bertz CT molecular complexity index is 957. The summed E-state index contributed by atoms with van der Waals surface area (Å²) in [4.78, 5) is 0. The molecule has 2 atom stereocenters. The fraction of sp³-hybridized carbons (Fsp3) is 0.393. The van der Waals surface area contributed by atoms with Gasteiger partial charge in [-0.1, -0.05) is 82.1 Å². The van der Waals surface area contributed by atoms with E-state index < -0.39 is 0 Å². The minimum atomic E-state index is 0.525. The predicted molar refractivity (Wildman–Crippen MR) is 123 cm³/mol. The Hall–Kier alpha value is -2.41. The first-order chi connectivity index (χ1) is 14.3. The van der Waals surface area contributed by atoms with E-state index in [0.717, 1.165) is 12.8 Å². The van der Waals surface area contributed by atoms with E-state index in [1.807, 2.05) is 0 Å². The Morgan fingerprint density at radius 2 is 1.55 bits per heavy atom. The van der Waals surface area contributed by atoms with Crippen molar-refractivity contribution < 1.29 is 4.57 Å². The summed E-state index contributed by atoms with van der Waals surface area (Å²) in [5.41, 5.74) is 8.63. The van der Waals surface area contributed by atoms with Crippen molar-refractivity contribution >= 4 is 0 Å². The maximum absolute atomic E-state index is 2.60. The van der Waals surface area contributed by atoms with Gasteiger partial charge in [0.1, 0.15) is 0 Å². The van der Waals surface area contributed by atoms with Gasteiger partial charge >= 0.3 is 0 Å². The van der Waals surface area contributed by atoms with Crippen LogP contribution >= 0.6 is 0 Å². The summed E-state index contributed by atoms with van der Waals surface area (Å²) < 4.78 is 2.60. The van der Waals surface area contributed by atoms with Gasteiger partial charge in [0, 0.05) is 29.5 Å². The van der Waals surface area contributed by atoms with Gasteiger partial charge in [0.05, 0.1) is 0 Å². The number of hydrogen-bond donors (Lipinski definition) is 0. The van der Waals surface area contributed by atoms with Crippen molar-refractivity contribution in [3.05, 3.63) is 78.0 Å². The largest absolute Gasteiger partial charge is 0.213 e. The molecule has 0 aliphatic carbocycles. The maximum Gasteiger partial charge on any atom is 0.213 e. The number of pyridine rings is 1. The van der Waals surface area contributed by atoms with Crippen LogP contribution in [0.4, 0.5) is 0 Å². The standard InChI is InChI=1S/C28H34N/c1-4-7-9-16-22-19-28-25-18-13-12-17-24(25)23(5-2)27(6-3)29(28)20-26(22)21-14-10-8-11-15-21/h8,10-15,17-20,23,27H,4-7,9,16H2,1-3H3/q+1. The van der Waals surface area contributed by atoms with E-state index in [1.165, 1.54) is 59.2 Å². The number of fused-ring (bicyclic) bond motifs is 3. The highest BCUT2D eigenvalue weighted by atomic mass is 15.0. The molecule has 1 aromatic heterocycles. The smallest absolute Gasteiger partial charge is 0.194 e. The molecule has 0 saturated heterocycles. The minimum absolute atomic E-state index is 0.525. The Morgan fingerprint density at radius 3 is 2.28 bits per heavy atom. The first-order valence-electron chi connectivity index (χ1n) is 11.5. The number of aromatic nitrogens is 1. The molecule has 1 nitrogen and oxygen atoms in total. The van der Waals surface area contributed by atoms with Crippen molar-refractivity contribution in [2.24, 2.45) is 0 Å². The average Bonchev–Trinajstić information content (AvgIpc) is 2.78. The lowest BCUT2D eigenvalue weighted by Gasteiger charge is -2.30. The third-order valence-corrected chi connectivity index (χ3v) is 6.65. The molecule has 0 saturated carbocycles. The lowest BCUT2D eigenvalue weighted by molar-refractivity contribution is -0.718. The second kappa shape index (κ2) is 8.95. The molecule has 1 heteroatoms. The highest BCUT2D eigenvalue weighted by Crippen LogP contribution is 2.42. The summed E-state index contributed by atoms with van der Waals surface area (Å²) in [6.45, 7) is 6.97. The monoisotopic (exact) mass is 384 g/mol. The quantitative estimate of drug-likeness (QED) is 0.293. The summed E-state index contributed by atoms with van der Waals surface area (Å²) in [5, 5.41) is 0. The molecule has 0 bridgehead atoms. The number of unbranched alkanes of at least 4 members (excludes halogenated alkanes) is 2. The zero-order chi connectivity index (χ0) is 20.2. The molecule has 0 amide bonds. The van der Waals surface area contributed by atoms with Crippen LogP contribution in [0, 0.1) is 0 Å². The fourth-order valence-electron chi connectivity index (χ4n) is 5.18. The summed E-state index contributed by atoms with van der Waals surface area (Å²) in [6.07, 6.45) is 9.79. The molecule has 3 aromatic rings. The van der Waals surface area contributed by atoms with E-state index in [-0.39, 0.29) is 0 Å². The van der Waals surface area contributed by atoms with Crippen molar-refractivity contribution in [1.82, 2.24) is 0 Å². The van der Waals surface area contributed by atoms with Crippen LogP contribution in [0.15, 0.2) is 66.9 Å². The minimum Gasteiger partial charge on any atom is -0.194 e. The summed E-state index contributed by atoms with van der Waals surface area (Å²) >= 11 is 0. The van der Waals surface area contributed by atoms with Gasteiger partial charge < -0.3 is 0 Å². The van der Waals surface area contributed by atoms with Gasteiger partial charge in [-0.3, -0.25) is 0 Å². The fourth-order valence-corrected chi connectivity index (χ4v) is 5.18. The summed E-state index contributed by atoms with van der Waals surface area (Å²) in [6, 6.07) is 23.1. The molecule has 0 radical (unpaired) electrons. The number of benzene rings is 2. The number of rotatable bonds is 7. The van der Waals surface area contributed by atoms with E-state index in [4.69, 9.17) is 0 Å².